The second-order valence-electron chi connectivity index (χ2n) is 4.97. The minimum Gasteiger partial charge on any atom is -0.369 e. The summed E-state index contributed by atoms with van der Waals surface area (Å²) in [6.07, 6.45) is 4.26. The number of aryl methyl sites for hydroxylation is 2. The number of rotatable bonds is 5. The molecule has 3 aromatic heterocycles. The average Bonchev–Trinajstić information content (AvgIpc) is 3.06. The van der Waals surface area contributed by atoms with E-state index in [1.807, 2.05) is 0 Å². The average molecular weight is 302 g/mol. The highest BCUT2D eigenvalue weighted by Crippen LogP contribution is 2.33. The number of nitrogens with one attached hydrogen (secondary N) is 1. The van der Waals surface area contributed by atoms with Gasteiger partial charge in [0.25, 0.3) is 0 Å². The van der Waals surface area contributed by atoms with Gasteiger partial charge in [0.2, 0.25) is 0 Å². The first-order valence-corrected chi connectivity index (χ1v) is 7.83. The molecule has 7 heteroatoms. The first-order chi connectivity index (χ1) is 10.2. The van der Waals surface area contributed by atoms with Crippen molar-refractivity contribution in [1.82, 2.24) is 24.7 Å². The Kier molecular flexibility index (Phi) is 3.83. The van der Waals surface area contributed by atoms with Crippen LogP contribution in [0.3, 0.4) is 0 Å². The number of anilines is 1. The van der Waals surface area contributed by atoms with E-state index in [1.165, 1.54) is 16.8 Å². The number of aromatic nitrogens is 5. The van der Waals surface area contributed by atoms with Crippen LogP contribution < -0.4 is 5.32 Å². The van der Waals surface area contributed by atoms with Gasteiger partial charge in [-0.15, -0.1) is 11.3 Å². The first-order valence-electron chi connectivity index (χ1n) is 7.02. The van der Waals surface area contributed by atoms with Gasteiger partial charge in [-0.05, 0) is 25.8 Å². The van der Waals surface area contributed by atoms with Crippen molar-refractivity contribution in [3.63, 3.8) is 0 Å². The Balaban J connectivity index is 2.06. The number of nitrogens with zero attached hydrogens (tertiary/aromatic N) is 5. The topological polar surface area (TPSA) is 68.5 Å². The van der Waals surface area contributed by atoms with Crippen molar-refractivity contribution in [2.45, 2.75) is 33.7 Å². The van der Waals surface area contributed by atoms with Crippen molar-refractivity contribution in [1.29, 1.82) is 0 Å². The van der Waals surface area contributed by atoms with Crippen LogP contribution in [0.5, 0.6) is 0 Å². The van der Waals surface area contributed by atoms with Gasteiger partial charge in [0.05, 0.1) is 5.39 Å². The number of thiophene rings is 1. The fraction of sp³-hybridized carbons (Fsp3) is 0.429. The third kappa shape index (κ3) is 2.73. The first kappa shape index (κ1) is 13.9. The SMILES string of the molecule is CCCNc1nc(Cn2cncn2)nc2sc(C)c(C)c12. The fourth-order valence-electron chi connectivity index (χ4n) is 2.20. The van der Waals surface area contributed by atoms with Crippen LogP contribution in [0.25, 0.3) is 10.2 Å². The molecular formula is C14H18N6S. The molecule has 0 fully saturated rings. The normalized spacial score (nSPS) is 11.2. The smallest absolute Gasteiger partial charge is 0.153 e. The molecular weight excluding hydrogens is 284 g/mol. The number of fused-ring (bicyclic) bond motifs is 1. The van der Waals surface area contributed by atoms with Gasteiger partial charge in [-0.25, -0.2) is 19.6 Å². The molecule has 110 valence electrons. The minimum absolute atomic E-state index is 0.534. The van der Waals surface area contributed by atoms with E-state index in [1.54, 1.807) is 22.3 Å². The Labute approximate surface area is 127 Å². The summed E-state index contributed by atoms with van der Waals surface area (Å²) in [5, 5.41) is 8.68. The highest BCUT2D eigenvalue weighted by Gasteiger charge is 2.14. The molecule has 6 nitrogen and oxygen atoms in total. The molecule has 1 N–H and O–H groups in total. The highest BCUT2D eigenvalue weighted by molar-refractivity contribution is 7.18. The van der Waals surface area contributed by atoms with E-state index in [9.17, 15) is 0 Å². The van der Waals surface area contributed by atoms with Crippen molar-refractivity contribution >= 4 is 27.4 Å². The molecule has 0 bridgehead atoms. The van der Waals surface area contributed by atoms with Crippen LogP contribution in [0.15, 0.2) is 12.7 Å². The van der Waals surface area contributed by atoms with Crippen LogP contribution >= 0.6 is 11.3 Å². The molecule has 0 unspecified atom stereocenters. The summed E-state index contributed by atoms with van der Waals surface area (Å²) >= 11 is 1.72. The molecule has 0 saturated carbocycles. The zero-order valence-electron chi connectivity index (χ0n) is 12.4. The minimum atomic E-state index is 0.534. The van der Waals surface area contributed by atoms with E-state index >= 15 is 0 Å². The Morgan fingerprint density at radius 3 is 2.86 bits per heavy atom. The van der Waals surface area contributed by atoms with Crippen LogP contribution in [0, 0.1) is 13.8 Å². The van der Waals surface area contributed by atoms with E-state index in [4.69, 9.17) is 0 Å². The van der Waals surface area contributed by atoms with E-state index in [0.717, 1.165) is 34.8 Å². The second kappa shape index (κ2) is 5.77. The summed E-state index contributed by atoms with van der Waals surface area (Å²) < 4.78 is 1.73. The summed E-state index contributed by atoms with van der Waals surface area (Å²) in [4.78, 5) is 15.6. The maximum absolute atomic E-state index is 4.68. The Morgan fingerprint density at radius 1 is 1.29 bits per heavy atom. The number of hydrogen-bond acceptors (Lipinski definition) is 6. The molecule has 21 heavy (non-hydrogen) atoms. The zero-order valence-corrected chi connectivity index (χ0v) is 13.2. The molecule has 0 saturated heterocycles. The summed E-state index contributed by atoms with van der Waals surface area (Å²) in [6, 6.07) is 0. The third-order valence-corrected chi connectivity index (χ3v) is 4.49. The van der Waals surface area contributed by atoms with Gasteiger partial charge >= 0.3 is 0 Å². The molecule has 0 spiro atoms. The van der Waals surface area contributed by atoms with Gasteiger partial charge in [0.15, 0.2) is 5.82 Å². The fourth-order valence-corrected chi connectivity index (χ4v) is 3.24. The lowest BCUT2D eigenvalue weighted by atomic mass is 10.2. The highest BCUT2D eigenvalue weighted by atomic mass is 32.1. The third-order valence-electron chi connectivity index (χ3n) is 3.39. The Hall–Kier alpha value is -2.02. The molecule has 3 rings (SSSR count). The van der Waals surface area contributed by atoms with E-state index in [0.29, 0.717) is 6.54 Å². The van der Waals surface area contributed by atoms with Gasteiger partial charge < -0.3 is 5.32 Å². The van der Waals surface area contributed by atoms with Gasteiger partial charge in [-0.1, -0.05) is 6.92 Å². The lowest BCUT2D eigenvalue weighted by molar-refractivity contribution is 0.657. The van der Waals surface area contributed by atoms with Crippen LogP contribution in [-0.4, -0.2) is 31.3 Å². The molecule has 0 radical (unpaired) electrons. The molecule has 0 amide bonds. The molecule has 0 aliphatic carbocycles. The lowest BCUT2D eigenvalue weighted by Gasteiger charge is -2.09. The lowest BCUT2D eigenvalue weighted by Crippen LogP contribution is -2.09. The van der Waals surface area contributed by atoms with Crippen LogP contribution in [0.1, 0.15) is 29.6 Å². The summed E-state index contributed by atoms with van der Waals surface area (Å²) in [6.45, 7) is 7.84. The van der Waals surface area contributed by atoms with Crippen molar-refractivity contribution in [2.75, 3.05) is 11.9 Å². The molecule has 0 atom stereocenters. The molecule has 3 heterocycles. The van der Waals surface area contributed by atoms with E-state index in [2.05, 4.69) is 46.1 Å². The maximum atomic E-state index is 4.68. The van der Waals surface area contributed by atoms with Gasteiger partial charge in [-0.3, -0.25) is 0 Å². The van der Waals surface area contributed by atoms with Gasteiger partial charge in [-0.2, -0.15) is 5.10 Å². The standard InChI is InChI=1S/C14H18N6S/c1-4-5-16-13-12-9(2)10(3)21-14(12)19-11(18-13)6-20-8-15-7-17-20/h7-8H,4-6H2,1-3H3,(H,16,18,19). The predicted octanol–water partition coefficient (Wildman–Crippen LogP) is 2.77. The van der Waals surface area contributed by atoms with Gasteiger partial charge in [0.1, 0.15) is 29.8 Å². The van der Waals surface area contributed by atoms with Gasteiger partial charge in [0, 0.05) is 11.4 Å². The predicted molar refractivity (Wildman–Crippen MR) is 84.8 cm³/mol. The van der Waals surface area contributed by atoms with E-state index < -0.39 is 0 Å². The van der Waals surface area contributed by atoms with E-state index in [-0.39, 0.29) is 0 Å². The second-order valence-corrected chi connectivity index (χ2v) is 6.17. The Morgan fingerprint density at radius 2 is 2.14 bits per heavy atom. The zero-order chi connectivity index (χ0) is 14.8. The quantitative estimate of drug-likeness (QED) is 0.785. The van der Waals surface area contributed by atoms with Crippen molar-refractivity contribution in [2.24, 2.45) is 0 Å². The van der Waals surface area contributed by atoms with Crippen molar-refractivity contribution in [3.05, 3.63) is 28.9 Å². The summed E-state index contributed by atoms with van der Waals surface area (Å²) in [7, 11) is 0. The molecule has 0 aliphatic heterocycles. The number of hydrogen-bond donors (Lipinski definition) is 1. The Bertz CT molecular complexity index is 747. The molecule has 0 aliphatic rings. The molecule has 3 aromatic rings. The largest absolute Gasteiger partial charge is 0.369 e. The maximum Gasteiger partial charge on any atom is 0.153 e. The summed E-state index contributed by atoms with van der Waals surface area (Å²) in [5.74, 6) is 1.69. The van der Waals surface area contributed by atoms with Crippen LogP contribution in [0.2, 0.25) is 0 Å². The molecule has 0 aromatic carbocycles. The van der Waals surface area contributed by atoms with Crippen LogP contribution in [-0.2, 0) is 6.54 Å². The van der Waals surface area contributed by atoms with Crippen molar-refractivity contribution in [3.8, 4) is 0 Å². The van der Waals surface area contributed by atoms with Crippen LogP contribution in [0.4, 0.5) is 5.82 Å². The monoisotopic (exact) mass is 302 g/mol. The van der Waals surface area contributed by atoms with Crippen molar-refractivity contribution < 1.29 is 0 Å². The summed E-state index contributed by atoms with van der Waals surface area (Å²) in [5.41, 5.74) is 1.26.